The fourth-order valence-corrected chi connectivity index (χ4v) is 4.45. The Hall–Kier alpha value is -1.22. The van der Waals surface area contributed by atoms with Crippen LogP contribution in [0, 0.1) is 11.7 Å². The molecule has 0 bridgehead atoms. The lowest BCUT2D eigenvalue weighted by Crippen LogP contribution is -2.42. The van der Waals surface area contributed by atoms with E-state index < -0.39 is 39.5 Å². The molecule has 0 saturated carbocycles. The Kier molecular flexibility index (Phi) is 5.61. The first kappa shape index (κ1) is 18.1. The maximum Gasteiger partial charge on any atom is 0.307 e. The molecule has 1 aromatic rings. The van der Waals surface area contributed by atoms with Gasteiger partial charge in [-0.15, -0.1) is 0 Å². The summed E-state index contributed by atoms with van der Waals surface area (Å²) in [5.74, 6) is -2.94. The molecule has 3 N–H and O–H groups in total. The highest BCUT2D eigenvalue weighted by atomic mass is 35.5. The average Bonchev–Trinajstić information content (AvgIpc) is 2.65. The minimum Gasteiger partial charge on any atom is -0.481 e. The predicted octanol–water partition coefficient (Wildman–Crippen LogP) is 1.43. The van der Waals surface area contributed by atoms with E-state index in [-0.39, 0.29) is 23.7 Å². The molecule has 9 heteroatoms. The standard InChI is InChI=1S/C14H18ClFN2O4S/c15-13-4-2-11(16)5-10(13)8-23(21,22)18-6-9(14(19)20)1-3-12(17)7-18/h2,4-5,9,12H,1,3,6-8,17H2,(H,19,20)/t9-,12+/m0/s1. The number of hydrogen-bond acceptors (Lipinski definition) is 4. The quantitative estimate of drug-likeness (QED) is 0.841. The van der Waals surface area contributed by atoms with Crippen LogP contribution in [0.25, 0.3) is 0 Å². The second-order valence-electron chi connectivity index (χ2n) is 5.68. The topological polar surface area (TPSA) is 101 Å². The maximum absolute atomic E-state index is 13.3. The van der Waals surface area contributed by atoms with Crippen LogP contribution in [-0.2, 0) is 20.6 Å². The van der Waals surface area contributed by atoms with Gasteiger partial charge in [-0.1, -0.05) is 11.6 Å². The number of hydrogen-bond donors (Lipinski definition) is 2. The molecule has 0 unspecified atom stereocenters. The van der Waals surface area contributed by atoms with Crippen molar-refractivity contribution in [3.05, 3.63) is 34.6 Å². The Morgan fingerprint density at radius 3 is 2.74 bits per heavy atom. The number of rotatable bonds is 4. The van der Waals surface area contributed by atoms with E-state index >= 15 is 0 Å². The normalized spacial score (nSPS) is 23.4. The van der Waals surface area contributed by atoms with Crippen molar-refractivity contribution >= 4 is 27.6 Å². The number of aliphatic carboxylic acids is 1. The number of halogens is 2. The van der Waals surface area contributed by atoms with Gasteiger partial charge >= 0.3 is 5.97 Å². The molecule has 0 aromatic heterocycles. The van der Waals surface area contributed by atoms with Crippen LogP contribution in [0.1, 0.15) is 18.4 Å². The molecular weight excluding hydrogens is 347 g/mol. The van der Waals surface area contributed by atoms with Crippen molar-refractivity contribution in [3.63, 3.8) is 0 Å². The summed E-state index contributed by atoms with van der Waals surface area (Å²) in [7, 11) is -3.86. The van der Waals surface area contributed by atoms with Gasteiger partial charge in [-0.2, -0.15) is 4.31 Å². The van der Waals surface area contributed by atoms with Crippen molar-refractivity contribution in [2.45, 2.75) is 24.6 Å². The summed E-state index contributed by atoms with van der Waals surface area (Å²) in [6.07, 6.45) is 0.757. The summed E-state index contributed by atoms with van der Waals surface area (Å²) in [5, 5.41) is 9.31. The van der Waals surface area contributed by atoms with Gasteiger partial charge < -0.3 is 10.8 Å². The lowest BCUT2D eigenvalue weighted by atomic mass is 10.0. The van der Waals surface area contributed by atoms with Crippen molar-refractivity contribution in [2.24, 2.45) is 11.7 Å². The molecule has 2 rings (SSSR count). The Bertz CT molecular complexity index is 698. The lowest BCUT2D eigenvalue weighted by Gasteiger charge is -2.23. The largest absolute Gasteiger partial charge is 0.481 e. The fourth-order valence-electron chi connectivity index (χ4n) is 2.55. The summed E-state index contributed by atoms with van der Waals surface area (Å²) >= 11 is 5.91. The zero-order valence-corrected chi connectivity index (χ0v) is 13.9. The third-order valence-corrected chi connectivity index (χ3v) is 5.97. The molecule has 1 heterocycles. The number of carboxylic acids is 1. The zero-order valence-electron chi connectivity index (χ0n) is 12.3. The minimum absolute atomic E-state index is 0.0407. The van der Waals surface area contributed by atoms with Gasteiger partial charge in [-0.3, -0.25) is 4.79 Å². The van der Waals surface area contributed by atoms with E-state index in [4.69, 9.17) is 17.3 Å². The third kappa shape index (κ3) is 4.63. The summed E-state index contributed by atoms with van der Waals surface area (Å²) in [5.41, 5.74) is 5.98. The van der Waals surface area contributed by atoms with Gasteiger partial charge in [0.15, 0.2) is 0 Å². The second kappa shape index (κ2) is 7.12. The number of benzene rings is 1. The highest BCUT2D eigenvalue weighted by molar-refractivity contribution is 7.88. The van der Waals surface area contributed by atoms with Crippen LogP contribution in [0.4, 0.5) is 4.39 Å². The third-order valence-electron chi connectivity index (χ3n) is 3.84. The summed E-state index contributed by atoms with van der Waals surface area (Å²) in [6.45, 7) is -0.0999. The molecule has 2 atom stereocenters. The number of carbonyl (C=O) groups is 1. The SMILES string of the molecule is N[C@@H]1CC[C@H](C(=O)O)CN(S(=O)(=O)Cc2cc(F)ccc2Cl)C1. The van der Waals surface area contributed by atoms with Gasteiger partial charge in [-0.05, 0) is 36.6 Å². The first-order valence-corrected chi connectivity index (χ1v) is 9.08. The van der Waals surface area contributed by atoms with Crippen LogP contribution in [-0.4, -0.2) is 42.9 Å². The maximum atomic E-state index is 13.3. The van der Waals surface area contributed by atoms with Crippen LogP contribution in [0.2, 0.25) is 5.02 Å². The fraction of sp³-hybridized carbons (Fsp3) is 0.500. The smallest absolute Gasteiger partial charge is 0.307 e. The first-order chi connectivity index (χ1) is 10.7. The van der Waals surface area contributed by atoms with E-state index in [1.807, 2.05) is 0 Å². The van der Waals surface area contributed by atoms with Gasteiger partial charge in [-0.25, -0.2) is 12.8 Å². The lowest BCUT2D eigenvalue weighted by molar-refractivity contribution is -0.142. The van der Waals surface area contributed by atoms with Crippen LogP contribution >= 0.6 is 11.6 Å². The monoisotopic (exact) mass is 364 g/mol. The second-order valence-corrected chi connectivity index (χ2v) is 8.06. The number of nitrogens with zero attached hydrogens (tertiary/aromatic N) is 1. The summed E-state index contributed by atoms with van der Waals surface area (Å²) in [4.78, 5) is 11.2. The Morgan fingerprint density at radius 1 is 1.39 bits per heavy atom. The van der Waals surface area contributed by atoms with Crippen LogP contribution < -0.4 is 5.73 Å². The number of sulfonamides is 1. The highest BCUT2D eigenvalue weighted by Gasteiger charge is 2.33. The van der Waals surface area contributed by atoms with E-state index in [2.05, 4.69) is 0 Å². The first-order valence-electron chi connectivity index (χ1n) is 7.09. The van der Waals surface area contributed by atoms with E-state index in [0.717, 1.165) is 16.4 Å². The van der Waals surface area contributed by atoms with Gasteiger partial charge in [0.1, 0.15) is 5.82 Å². The number of carboxylic acid groups (broad SMARTS) is 1. The van der Waals surface area contributed by atoms with Gasteiger partial charge in [0.2, 0.25) is 10.0 Å². The average molecular weight is 365 g/mol. The molecule has 0 aliphatic carbocycles. The minimum atomic E-state index is -3.86. The van der Waals surface area contributed by atoms with Crippen molar-refractivity contribution in [2.75, 3.05) is 13.1 Å². The van der Waals surface area contributed by atoms with Crippen molar-refractivity contribution in [3.8, 4) is 0 Å². The highest BCUT2D eigenvalue weighted by Crippen LogP contribution is 2.24. The molecule has 23 heavy (non-hydrogen) atoms. The molecule has 1 fully saturated rings. The Balaban J connectivity index is 2.25. The molecule has 1 saturated heterocycles. The molecule has 6 nitrogen and oxygen atoms in total. The molecule has 0 radical (unpaired) electrons. The van der Waals surface area contributed by atoms with E-state index in [1.165, 1.54) is 6.07 Å². The molecule has 1 aromatic carbocycles. The Morgan fingerprint density at radius 2 is 2.09 bits per heavy atom. The Labute approximate surface area is 139 Å². The van der Waals surface area contributed by atoms with Gasteiger partial charge in [0, 0.05) is 24.2 Å². The van der Waals surface area contributed by atoms with Crippen LogP contribution in [0.5, 0.6) is 0 Å². The van der Waals surface area contributed by atoms with Gasteiger partial charge in [0.05, 0.1) is 11.7 Å². The van der Waals surface area contributed by atoms with Gasteiger partial charge in [0.25, 0.3) is 0 Å². The van der Waals surface area contributed by atoms with E-state index in [9.17, 15) is 22.7 Å². The van der Waals surface area contributed by atoms with Crippen molar-refractivity contribution in [1.29, 1.82) is 0 Å². The van der Waals surface area contributed by atoms with Crippen molar-refractivity contribution in [1.82, 2.24) is 4.31 Å². The molecule has 1 aliphatic heterocycles. The predicted molar refractivity (Wildman–Crippen MR) is 83.9 cm³/mol. The summed E-state index contributed by atoms with van der Waals surface area (Å²) in [6, 6.07) is 3.06. The molecule has 128 valence electrons. The molecule has 1 aliphatic rings. The molecule has 0 amide bonds. The zero-order chi connectivity index (χ0) is 17.2. The van der Waals surface area contributed by atoms with Crippen molar-refractivity contribution < 1.29 is 22.7 Å². The van der Waals surface area contributed by atoms with E-state index in [1.54, 1.807) is 0 Å². The molecule has 0 spiro atoms. The van der Waals surface area contributed by atoms with E-state index in [0.29, 0.717) is 12.8 Å². The summed E-state index contributed by atoms with van der Waals surface area (Å²) < 4.78 is 39.5. The van der Waals surface area contributed by atoms with Crippen LogP contribution in [0.15, 0.2) is 18.2 Å². The number of nitrogens with two attached hydrogens (primary N) is 1. The molecular formula is C14H18ClFN2O4S. The van der Waals surface area contributed by atoms with Crippen LogP contribution in [0.3, 0.4) is 0 Å².